The molecular formula is C16H24ClNS. The summed E-state index contributed by atoms with van der Waals surface area (Å²) in [5.41, 5.74) is 1.24. The minimum Gasteiger partial charge on any atom is -0.309 e. The Labute approximate surface area is 126 Å². The molecule has 0 bridgehead atoms. The van der Waals surface area contributed by atoms with E-state index in [9.17, 15) is 0 Å². The fraction of sp³-hybridized carbons (Fsp3) is 0.625. The molecule has 0 aromatic heterocycles. The van der Waals surface area contributed by atoms with Gasteiger partial charge >= 0.3 is 0 Å². The lowest BCUT2D eigenvalue weighted by molar-refractivity contribution is 0.514. The van der Waals surface area contributed by atoms with E-state index in [1.165, 1.54) is 37.7 Å². The van der Waals surface area contributed by atoms with Crippen molar-refractivity contribution in [1.29, 1.82) is 0 Å². The van der Waals surface area contributed by atoms with Crippen LogP contribution >= 0.6 is 23.4 Å². The van der Waals surface area contributed by atoms with Crippen molar-refractivity contribution in [3.05, 3.63) is 34.9 Å². The third kappa shape index (κ3) is 4.70. The van der Waals surface area contributed by atoms with Crippen molar-refractivity contribution in [1.82, 2.24) is 5.32 Å². The van der Waals surface area contributed by atoms with Crippen LogP contribution in [0.4, 0.5) is 0 Å². The number of rotatable bonds is 6. The summed E-state index contributed by atoms with van der Waals surface area (Å²) in [4.78, 5) is 0. The Bertz CT molecular complexity index is 377. The van der Waals surface area contributed by atoms with Crippen LogP contribution in [0.15, 0.2) is 24.3 Å². The first-order valence-electron chi connectivity index (χ1n) is 7.40. The molecule has 0 saturated heterocycles. The molecule has 3 heteroatoms. The minimum atomic E-state index is 0.380. The van der Waals surface area contributed by atoms with Crippen molar-refractivity contribution >= 4 is 23.4 Å². The summed E-state index contributed by atoms with van der Waals surface area (Å²) in [7, 11) is 0. The van der Waals surface area contributed by atoms with Crippen LogP contribution in [0.5, 0.6) is 0 Å². The zero-order chi connectivity index (χ0) is 13.5. The summed E-state index contributed by atoms with van der Waals surface area (Å²) >= 11 is 8.45. The molecule has 0 aliphatic heterocycles. The summed E-state index contributed by atoms with van der Waals surface area (Å²) in [5, 5.41) is 5.32. The van der Waals surface area contributed by atoms with Crippen molar-refractivity contribution in [3.8, 4) is 0 Å². The van der Waals surface area contributed by atoms with Gasteiger partial charge in [0.25, 0.3) is 0 Å². The van der Waals surface area contributed by atoms with Crippen LogP contribution in [0.1, 0.15) is 50.6 Å². The van der Waals surface area contributed by atoms with Gasteiger partial charge in [-0.05, 0) is 31.0 Å². The molecule has 1 fully saturated rings. The van der Waals surface area contributed by atoms with Crippen molar-refractivity contribution in [2.24, 2.45) is 0 Å². The summed E-state index contributed by atoms with van der Waals surface area (Å²) in [6.45, 7) is 3.15. The van der Waals surface area contributed by atoms with Gasteiger partial charge in [-0.25, -0.2) is 0 Å². The van der Waals surface area contributed by atoms with Crippen LogP contribution < -0.4 is 5.32 Å². The Hall–Kier alpha value is -0.180. The second-order valence-electron chi connectivity index (χ2n) is 5.23. The highest BCUT2D eigenvalue weighted by Gasteiger charge is 2.18. The monoisotopic (exact) mass is 297 g/mol. The predicted molar refractivity (Wildman–Crippen MR) is 87.2 cm³/mol. The van der Waals surface area contributed by atoms with E-state index in [-0.39, 0.29) is 0 Å². The number of hydrogen-bond acceptors (Lipinski definition) is 2. The molecule has 19 heavy (non-hydrogen) atoms. The molecule has 1 aromatic rings. The SMILES string of the molecule is CCNC(CSC1CCCCC1)c1ccccc1Cl. The Morgan fingerprint density at radius 1 is 1.26 bits per heavy atom. The first-order valence-corrected chi connectivity index (χ1v) is 8.83. The normalized spacial score (nSPS) is 18.4. The van der Waals surface area contributed by atoms with E-state index in [0.29, 0.717) is 6.04 Å². The van der Waals surface area contributed by atoms with Gasteiger partial charge in [0.15, 0.2) is 0 Å². The van der Waals surface area contributed by atoms with Crippen molar-refractivity contribution in [3.63, 3.8) is 0 Å². The molecule has 2 rings (SSSR count). The Balaban J connectivity index is 1.94. The van der Waals surface area contributed by atoms with Crippen LogP contribution in [-0.2, 0) is 0 Å². The second-order valence-corrected chi connectivity index (χ2v) is 6.97. The molecule has 1 saturated carbocycles. The standard InChI is InChI=1S/C16H24ClNS/c1-2-18-16(14-10-6-7-11-15(14)17)12-19-13-8-4-3-5-9-13/h6-7,10-11,13,16,18H,2-5,8-9,12H2,1H3. The molecule has 1 N–H and O–H groups in total. The molecular weight excluding hydrogens is 274 g/mol. The maximum atomic E-state index is 6.33. The zero-order valence-electron chi connectivity index (χ0n) is 11.7. The van der Waals surface area contributed by atoms with Gasteiger partial charge in [-0.1, -0.05) is 56.0 Å². The molecule has 0 spiro atoms. The number of halogens is 1. The quantitative estimate of drug-likeness (QED) is 0.788. The van der Waals surface area contributed by atoms with E-state index in [2.05, 4.69) is 36.1 Å². The molecule has 0 heterocycles. The van der Waals surface area contributed by atoms with E-state index < -0.39 is 0 Å². The third-order valence-corrected chi connectivity index (χ3v) is 5.59. The summed E-state index contributed by atoms with van der Waals surface area (Å²) < 4.78 is 0. The number of benzene rings is 1. The average Bonchev–Trinajstić information content (AvgIpc) is 2.45. The maximum Gasteiger partial charge on any atom is 0.0454 e. The summed E-state index contributed by atoms with van der Waals surface area (Å²) in [6.07, 6.45) is 7.04. The van der Waals surface area contributed by atoms with Crippen LogP contribution in [0, 0.1) is 0 Å². The number of nitrogens with one attached hydrogen (secondary N) is 1. The molecule has 1 aliphatic rings. The van der Waals surface area contributed by atoms with Crippen molar-refractivity contribution in [2.45, 2.75) is 50.3 Å². The van der Waals surface area contributed by atoms with Gasteiger partial charge in [-0.3, -0.25) is 0 Å². The van der Waals surface area contributed by atoms with Gasteiger partial charge in [0.1, 0.15) is 0 Å². The third-order valence-electron chi connectivity index (χ3n) is 3.78. The lowest BCUT2D eigenvalue weighted by Gasteiger charge is -2.25. The van der Waals surface area contributed by atoms with Crippen LogP contribution in [0.2, 0.25) is 5.02 Å². The van der Waals surface area contributed by atoms with Gasteiger partial charge in [0, 0.05) is 22.1 Å². The van der Waals surface area contributed by atoms with E-state index in [1.807, 2.05) is 12.1 Å². The van der Waals surface area contributed by atoms with Crippen molar-refractivity contribution in [2.75, 3.05) is 12.3 Å². The smallest absolute Gasteiger partial charge is 0.0454 e. The van der Waals surface area contributed by atoms with Crippen molar-refractivity contribution < 1.29 is 0 Å². The van der Waals surface area contributed by atoms with Gasteiger partial charge in [0.2, 0.25) is 0 Å². The van der Waals surface area contributed by atoms with Crippen LogP contribution in [0.3, 0.4) is 0 Å². The fourth-order valence-corrected chi connectivity index (χ4v) is 4.42. The Kier molecular flexibility index (Phi) is 6.55. The fourth-order valence-electron chi connectivity index (χ4n) is 2.73. The second kappa shape index (κ2) is 8.18. The zero-order valence-corrected chi connectivity index (χ0v) is 13.3. The van der Waals surface area contributed by atoms with Gasteiger partial charge < -0.3 is 5.32 Å². The van der Waals surface area contributed by atoms with Crippen LogP contribution in [0.25, 0.3) is 0 Å². The van der Waals surface area contributed by atoms with Gasteiger partial charge in [-0.15, -0.1) is 0 Å². The first-order chi connectivity index (χ1) is 9.31. The molecule has 1 aromatic carbocycles. The molecule has 1 unspecified atom stereocenters. The molecule has 0 radical (unpaired) electrons. The molecule has 0 amide bonds. The highest BCUT2D eigenvalue weighted by molar-refractivity contribution is 7.99. The summed E-state index contributed by atoms with van der Waals surface area (Å²) in [5.74, 6) is 1.13. The van der Waals surface area contributed by atoms with E-state index >= 15 is 0 Å². The highest BCUT2D eigenvalue weighted by Crippen LogP contribution is 2.32. The first kappa shape index (κ1) is 15.2. The molecule has 1 atom stereocenters. The predicted octanol–water partition coefficient (Wildman–Crippen LogP) is 5.06. The number of hydrogen-bond donors (Lipinski definition) is 1. The van der Waals surface area contributed by atoms with E-state index in [0.717, 1.165) is 22.6 Å². The summed E-state index contributed by atoms with van der Waals surface area (Å²) in [6, 6.07) is 8.61. The molecule has 1 nitrogen and oxygen atoms in total. The molecule has 1 aliphatic carbocycles. The highest BCUT2D eigenvalue weighted by atomic mass is 35.5. The lowest BCUT2D eigenvalue weighted by Crippen LogP contribution is -2.24. The maximum absolute atomic E-state index is 6.33. The minimum absolute atomic E-state index is 0.380. The van der Waals surface area contributed by atoms with E-state index in [4.69, 9.17) is 11.6 Å². The lowest BCUT2D eigenvalue weighted by atomic mass is 10.0. The topological polar surface area (TPSA) is 12.0 Å². The number of thioether (sulfide) groups is 1. The van der Waals surface area contributed by atoms with Crippen LogP contribution in [-0.4, -0.2) is 17.5 Å². The van der Waals surface area contributed by atoms with Gasteiger partial charge in [-0.2, -0.15) is 11.8 Å². The Morgan fingerprint density at radius 2 is 2.00 bits per heavy atom. The Morgan fingerprint density at radius 3 is 2.68 bits per heavy atom. The average molecular weight is 298 g/mol. The largest absolute Gasteiger partial charge is 0.309 e. The van der Waals surface area contributed by atoms with E-state index in [1.54, 1.807) is 0 Å². The molecule has 106 valence electrons. The van der Waals surface area contributed by atoms with Gasteiger partial charge in [0.05, 0.1) is 0 Å².